The smallest absolute Gasteiger partial charge is 0.212 e. The second-order valence-corrected chi connectivity index (χ2v) is 6.10. The third-order valence-corrected chi connectivity index (χ3v) is 4.72. The van der Waals surface area contributed by atoms with Crippen LogP contribution in [0.5, 0.6) is 0 Å². The molecule has 1 heterocycles. The molecule has 0 saturated heterocycles. The average Bonchev–Trinajstić information content (AvgIpc) is 2.76. The summed E-state index contributed by atoms with van der Waals surface area (Å²) in [6.45, 7) is 2.16. The SMILES string of the molecule is CCCc1nsc(NSC2CCCCC2)n1. The summed E-state index contributed by atoms with van der Waals surface area (Å²) in [6, 6.07) is 0. The van der Waals surface area contributed by atoms with Crippen molar-refractivity contribution in [3.63, 3.8) is 0 Å². The van der Waals surface area contributed by atoms with Gasteiger partial charge in [-0.15, -0.1) is 0 Å². The summed E-state index contributed by atoms with van der Waals surface area (Å²) in [7, 11) is 0. The van der Waals surface area contributed by atoms with Crippen LogP contribution in [0.25, 0.3) is 0 Å². The Labute approximate surface area is 106 Å². The van der Waals surface area contributed by atoms with E-state index in [0.29, 0.717) is 0 Å². The molecular formula is C11H19N3S2. The summed E-state index contributed by atoms with van der Waals surface area (Å²) in [5, 5.41) is 1.74. The van der Waals surface area contributed by atoms with Crippen LogP contribution in [-0.2, 0) is 6.42 Å². The van der Waals surface area contributed by atoms with Gasteiger partial charge >= 0.3 is 0 Å². The van der Waals surface area contributed by atoms with Crippen molar-refractivity contribution in [1.29, 1.82) is 0 Å². The van der Waals surface area contributed by atoms with Crippen molar-refractivity contribution >= 4 is 28.6 Å². The molecular weight excluding hydrogens is 238 g/mol. The predicted molar refractivity (Wildman–Crippen MR) is 72.0 cm³/mol. The van der Waals surface area contributed by atoms with E-state index >= 15 is 0 Å². The Hall–Kier alpha value is -0.290. The van der Waals surface area contributed by atoms with Gasteiger partial charge < -0.3 is 4.72 Å². The Bertz CT molecular complexity index is 308. The lowest BCUT2D eigenvalue weighted by molar-refractivity contribution is 0.516. The molecule has 1 aromatic heterocycles. The standard InChI is InChI=1S/C11H19N3S2/c1-2-6-10-12-11(16-13-10)14-15-9-7-4-3-5-8-9/h9H,2-8H2,1H3,(H,12,13,14). The van der Waals surface area contributed by atoms with Crippen LogP contribution in [0, 0.1) is 0 Å². The number of anilines is 1. The highest BCUT2D eigenvalue weighted by atomic mass is 32.2. The molecule has 0 bridgehead atoms. The Morgan fingerprint density at radius 1 is 1.38 bits per heavy atom. The molecule has 1 fully saturated rings. The lowest BCUT2D eigenvalue weighted by Crippen LogP contribution is -2.10. The predicted octanol–water partition coefficient (Wildman–Crippen LogP) is 3.88. The summed E-state index contributed by atoms with van der Waals surface area (Å²) in [6.07, 6.45) is 8.98. The number of aromatic nitrogens is 2. The number of nitrogens with zero attached hydrogens (tertiary/aromatic N) is 2. The second kappa shape index (κ2) is 6.45. The van der Waals surface area contributed by atoms with E-state index in [4.69, 9.17) is 0 Å². The first kappa shape index (κ1) is 12.2. The van der Waals surface area contributed by atoms with Crippen LogP contribution in [0.1, 0.15) is 51.3 Å². The zero-order chi connectivity index (χ0) is 11.2. The van der Waals surface area contributed by atoms with E-state index in [1.165, 1.54) is 43.6 Å². The van der Waals surface area contributed by atoms with Crippen molar-refractivity contribution in [2.24, 2.45) is 0 Å². The third kappa shape index (κ3) is 3.63. The zero-order valence-corrected chi connectivity index (χ0v) is 11.4. The topological polar surface area (TPSA) is 37.8 Å². The van der Waals surface area contributed by atoms with Gasteiger partial charge in [0.2, 0.25) is 5.13 Å². The van der Waals surface area contributed by atoms with Crippen molar-refractivity contribution in [3.05, 3.63) is 5.82 Å². The number of nitrogens with one attached hydrogen (secondary N) is 1. The van der Waals surface area contributed by atoms with E-state index in [9.17, 15) is 0 Å². The van der Waals surface area contributed by atoms with Crippen LogP contribution in [0.15, 0.2) is 0 Å². The van der Waals surface area contributed by atoms with Gasteiger partial charge in [-0.05, 0) is 31.2 Å². The molecule has 3 nitrogen and oxygen atoms in total. The Morgan fingerprint density at radius 3 is 2.94 bits per heavy atom. The molecule has 0 aromatic carbocycles. The zero-order valence-electron chi connectivity index (χ0n) is 9.74. The van der Waals surface area contributed by atoms with Crippen LogP contribution in [0.2, 0.25) is 0 Å². The van der Waals surface area contributed by atoms with Gasteiger partial charge in [0.1, 0.15) is 5.82 Å². The number of hydrogen-bond donors (Lipinski definition) is 1. The van der Waals surface area contributed by atoms with E-state index in [0.717, 1.165) is 29.0 Å². The summed E-state index contributed by atoms with van der Waals surface area (Å²) < 4.78 is 7.68. The molecule has 5 heteroatoms. The molecule has 16 heavy (non-hydrogen) atoms. The Morgan fingerprint density at radius 2 is 2.19 bits per heavy atom. The van der Waals surface area contributed by atoms with Crippen molar-refractivity contribution < 1.29 is 0 Å². The van der Waals surface area contributed by atoms with E-state index in [2.05, 4.69) is 21.0 Å². The van der Waals surface area contributed by atoms with E-state index in [1.807, 2.05) is 11.9 Å². The van der Waals surface area contributed by atoms with Crippen molar-refractivity contribution in [3.8, 4) is 0 Å². The van der Waals surface area contributed by atoms with Gasteiger partial charge in [-0.1, -0.05) is 26.2 Å². The van der Waals surface area contributed by atoms with Gasteiger partial charge in [-0.25, -0.2) is 4.98 Å². The minimum atomic E-state index is 0.771. The first-order chi connectivity index (χ1) is 7.88. The molecule has 1 aliphatic carbocycles. The highest BCUT2D eigenvalue weighted by Gasteiger charge is 2.14. The molecule has 1 aliphatic rings. The molecule has 0 amide bonds. The molecule has 0 aliphatic heterocycles. The first-order valence-corrected chi connectivity index (χ1v) is 7.78. The van der Waals surface area contributed by atoms with Gasteiger partial charge in [0.15, 0.2) is 0 Å². The summed E-state index contributed by atoms with van der Waals surface area (Å²) in [5.41, 5.74) is 0. The minimum absolute atomic E-state index is 0.771. The van der Waals surface area contributed by atoms with Crippen LogP contribution >= 0.6 is 23.5 Å². The highest BCUT2D eigenvalue weighted by molar-refractivity contribution is 8.01. The second-order valence-electron chi connectivity index (χ2n) is 4.25. The lowest BCUT2D eigenvalue weighted by Gasteiger charge is -2.20. The summed E-state index contributed by atoms with van der Waals surface area (Å²) >= 11 is 3.32. The summed E-state index contributed by atoms with van der Waals surface area (Å²) in [5.74, 6) is 0.985. The minimum Gasteiger partial charge on any atom is -0.304 e. The summed E-state index contributed by atoms with van der Waals surface area (Å²) in [4.78, 5) is 4.46. The molecule has 0 unspecified atom stereocenters. The molecule has 0 atom stereocenters. The molecule has 90 valence electrons. The fraction of sp³-hybridized carbons (Fsp3) is 0.818. The van der Waals surface area contributed by atoms with Gasteiger partial charge in [-0.3, -0.25) is 0 Å². The fourth-order valence-corrected chi connectivity index (χ4v) is 3.58. The molecule has 1 aromatic rings. The molecule has 2 rings (SSSR count). The van der Waals surface area contributed by atoms with Gasteiger partial charge in [0.25, 0.3) is 0 Å². The van der Waals surface area contributed by atoms with E-state index < -0.39 is 0 Å². The maximum absolute atomic E-state index is 4.46. The quantitative estimate of drug-likeness (QED) is 0.812. The molecule has 0 radical (unpaired) electrons. The van der Waals surface area contributed by atoms with Crippen LogP contribution in [-0.4, -0.2) is 14.6 Å². The van der Waals surface area contributed by atoms with E-state index in [1.54, 1.807) is 0 Å². The van der Waals surface area contributed by atoms with Crippen LogP contribution in [0.4, 0.5) is 5.13 Å². The van der Waals surface area contributed by atoms with Gasteiger partial charge in [0.05, 0.1) is 0 Å². The maximum atomic E-state index is 4.46. The normalized spacial score (nSPS) is 17.6. The van der Waals surface area contributed by atoms with Crippen molar-refractivity contribution in [1.82, 2.24) is 9.36 Å². The molecule has 0 spiro atoms. The average molecular weight is 257 g/mol. The fourth-order valence-electron chi connectivity index (χ4n) is 1.94. The number of aryl methyl sites for hydroxylation is 1. The largest absolute Gasteiger partial charge is 0.304 e. The number of rotatable bonds is 5. The number of hydrogen-bond acceptors (Lipinski definition) is 5. The monoisotopic (exact) mass is 257 g/mol. The van der Waals surface area contributed by atoms with E-state index in [-0.39, 0.29) is 0 Å². The molecule has 1 N–H and O–H groups in total. The van der Waals surface area contributed by atoms with Gasteiger partial charge in [-0.2, -0.15) is 4.37 Å². The molecule has 1 saturated carbocycles. The Kier molecular flexibility index (Phi) is 4.91. The van der Waals surface area contributed by atoms with Gasteiger partial charge in [0, 0.05) is 23.2 Å². The van der Waals surface area contributed by atoms with Crippen LogP contribution in [0.3, 0.4) is 0 Å². The Balaban J connectivity index is 1.75. The van der Waals surface area contributed by atoms with Crippen molar-refractivity contribution in [2.45, 2.75) is 57.1 Å². The third-order valence-electron chi connectivity index (χ3n) is 2.81. The maximum Gasteiger partial charge on any atom is 0.212 e. The van der Waals surface area contributed by atoms with Crippen molar-refractivity contribution in [2.75, 3.05) is 4.72 Å². The highest BCUT2D eigenvalue weighted by Crippen LogP contribution is 2.29. The van der Waals surface area contributed by atoms with Crippen LogP contribution < -0.4 is 4.72 Å². The lowest BCUT2D eigenvalue weighted by atomic mass is 10.0. The first-order valence-electron chi connectivity index (χ1n) is 6.12.